The van der Waals surface area contributed by atoms with Gasteiger partial charge in [0.15, 0.2) is 0 Å². The number of fused-ring (bicyclic) bond motifs is 3. The third-order valence-corrected chi connectivity index (χ3v) is 7.97. The molecule has 7 rings (SSSR count). The maximum absolute atomic E-state index is 6.36. The first-order chi connectivity index (χ1) is 21.8. The van der Waals surface area contributed by atoms with Gasteiger partial charge in [-0.3, -0.25) is 0 Å². The van der Waals surface area contributed by atoms with Gasteiger partial charge in [0.25, 0.3) is 0 Å². The van der Waals surface area contributed by atoms with E-state index in [-0.39, 0.29) is 20.1 Å². The van der Waals surface area contributed by atoms with E-state index in [0.717, 1.165) is 50.3 Å². The van der Waals surface area contributed by atoms with Gasteiger partial charge in [-0.1, -0.05) is 81.1 Å². The van der Waals surface area contributed by atoms with Crippen LogP contribution in [0.15, 0.2) is 108 Å². The van der Waals surface area contributed by atoms with Gasteiger partial charge in [0.2, 0.25) is 5.71 Å². The van der Waals surface area contributed by atoms with E-state index in [1.807, 2.05) is 80.7 Å². The first-order valence-corrected chi connectivity index (χ1v) is 15.5. The molecule has 0 fully saturated rings. The Hall–Kier alpha value is -4.44. The molecule has 3 aromatic carbocycles. The Balaban J connectivity index is 0.000000250. The van der Waals surface area contributed by atoms with E-state index in [9.17, 15) is 0 Å². The van der Waals surface area contributed by atoms with Gasteiger partial charge in [0.1, 0.15) is 0 Å². The van der Waals surface area contributed by atoms with Crippen molar-refractivity contribution in [1.29, 1.82) is 0 Å². The van der Waals surface area contributed by atoms with Crippen molar-refractivity contribution in [3.05, 3.63) is 138 Å². The van der Waals surface area contributed by atoms with Gasteiger partial charge >= 0.3 is 0 Å². The maximum Gasteiger partial charge on any atom is 0.216 e. The quantitative estimate of drug-likeness (QED) is 0.163. The minimum atomic E-state index is 0. The molecule has 0 atom stereocenters. The van der Waals surface area contributed by atoms with Crippen LogP contribution in [0.4, 0.5) is 0 Å². The number of aromatic nitrogens is 3. The molecular formula is C41H37IrN3O-2. The fraction of sp³-hybridized carbons (Fsp3) is 0.195. The van der Waals surface area contributed by atoms with Crippen LogP contribution in [-0.4, -0.2) is 15.0 Å². The number of aryl methyl sites for hydroxylation is 2. The minimum absolute atomic E-state index is 0. The smallest absolute Gasteiger partial charge is 0.216 e. The van der Waals surface area contributed by atoms with Crippen molar-refractivity contribution >= 4 is 22.1 Å². The molecule has 0 aliphatic carbocycles. The van der Waals surface area contributed by atoms with Gasteiger partial charge in [0, 0.05) is 42.9 Å². The molecular weight excluding hydrogens is 743 g/mol. The van der Waals surface area contributed by atoms with Gasteiger partial charge < -0.3 is 14.4 Å². The van der Waals surface area contributed by atoms with Crippen molar-refractivity contribution in [2.24, 2.45) is 0 Å². The zero-order chi connectivity index (χ0) is 31.5. The molecule has 7 aromatic rings. The van der Waals surface area contributed by atoms with Crippen molar-refractivity contribution in [3.63, 3.8) is 0 Å². The van der Waals surface area contributed by atoms with Gasteiger partial charge in [-0.15, -0.1) is 54.1 Å². The number of hydrogen-bond acceptors (Lipinski definition) is 4. The molecule has 46 heavy (non-hydrogen) atoms. The Kier molecular flexibility index (Phi) is 10.3. The second-order valence-corrected chi connectivity index (χ2v) is 12.0. The van der Waals surface area contributed by atoms with E-state index in [2.05, 4.69) is 86.2 Å². The Morgan fingerprint density at radius 1 is 0.630 bits per heavy atom. The second-order valence-electron chi connectivity index (χ2n) is 12.0. The molecule has 0 saturated heterocycles. The van der Waals surface area contributed by atoms with Gasteiger partial charge in [-0.05, 0) is 72.0 Å². The first kappa shape index (κ1) is 32.9. The summed E-state index contributed by atoms with van der Waals surface area (Å²) in [6.07, 6.45) is 1.87. The normalized spacial score (nSPS) is 11.0. The van der Waals surface area contributed by atoms with E-state index in [1.165, 1.54) is 22.3 Å². The van der Waals surface area contributed by atoms with Crippen LogP contribution in [0.5, 0.6) is 0 Å². The maximum atomic E-state index is 6.36. The average Bonchev–Trinajstić information content (AvgIpc) is 3.43. The number of benzene rings is 3. The molecule has 0 unspecified atom stereocenters. The third kappa shape index (κ3) is 6.87. The van der Waals surface area contributed by atoms with E-state index >= 15 is 0 Å². The van der Waals surface area contributed by atoms with Gasteiger partial charge in [-0.25, -0.2) is 4.98 Å². The Labute approximate surface area is 285 Å². The van der Waals surface area contributed by atoms with E-state index in [4.69, 9.17) is 9.40 Å². The predicted octanol–water partition coefficient (Wildman–Crippen LogP) is 10.9. The fourth-order valence-electron chi connectivity index (χ4n) is 5.66. The van der Waals surface area contributed by atoms with E-state index < -0.39 is 0 Å². The van der Waals surface area contributed by atoms with Crippen LogP contribution >= 0.6 is 0 Å². The Morgan fingerprint density at radius 2 is 1.37 bits per heavy atom. The minimum Gasteiger partial charge on any atom is -0.486 e. The van der Waals surface area contributed by atoms with Crippen molar-refractivity contribution in [3.8, 4) is 33.8 Å². The number of nitrogens with zero attached hydrogens (tertiary/aromatic N) is 3. The average molecular weight is 780 g/mol. The molecule has 0 aliphatic rings. The van der Waals surface area contributed by atoms with Crippen LogP contribution in [0.25, 0.3) is 55.8 Å². The van der Waals surface area contributed by atoms with Crippen molar-refractivity contribution < 1.29 is 24.5 Å². The standard InChI is InChI=1S/C29H27N2O.C12H10N.Ir/c1-17(2)20-10-7-11-21(18(3)4)27(20)26-16-15-23-22-12-8-13-24(28(22)32-29(23)31-26)25-14-6-9-19(5)30-25;1-10-7-8-12(13-9-10)11-5-3-2-4-6-11;/h6-12,14-18H,1-5H3;2-5,7-9H,1H3;/q2*-1;. The SMILES string of the molecule is Cc1ccc(-c2[c-]cccc2)nc1.Cc1cccc(-c2[c-]ccc3c2oc2nc(-c4c(C(C)C)cccc4C(C)C)ccc23)n1.[Ir]. The zero-order valence-corrected chi connectivity index (χ0v) is 29.4. The molecule has 0 amide bonds. The summed E-state index contributed by atoms with van der Waals surface area (Å²) in [5.74, 6) is 0.816. The van der Waals surface area contributed by atoms with Crippen LogP contribution < -0.4 is 0 Å². The predicted molar refractivity (Wildman–Crippen MR) is 185 cm³/mol. The van der Waals surface area contributed by atoms with Crippen LogP contribution in [0.2, 0.25) is 0 Å². The van der Waals surface area contributed by atoms with Crippen LogP contribution in [-0.2, 0) is 20.1 Å². The molecule has 0 saturated carbocycles. The summed E-state index contributed by atoms with van der Waals surface area (Å²) in [5.41, 5.74) is 12.2. The number of furan rings is 1. The summed E-state index contributed by atoms with van der Waals surface area (Å²) >= 11 is 0. The molecule has 233 valence electrons. The summed E-state index contributed by atoms with van der Waals surface area (Å²) in [6.45, 7) is 13.0. The number of pyridine rings is 3. The number of rotatable bonds is 5. The van der Waals surface area contributed by atoms with Crippen LogP contribution in [0.1, 0.15) is 61.9 Å². The fourth-order valence-corrected chi connectivity index (χ4v) is 5.66. The molecule has 0 aliphatic heterocycles. The summed E-state index contributed by atoms with van der Waals surface area (Å²) in [7, 11) is 0. The van der Waals surface area contributed by atoms with Crippen molar-refractivity contribution in [2.75, 3.05) is 0 Å². The molecule has 4 nitrogen and oxygen atoms in total. The second kappa shape index (κ2) is 14.3. The molecule has 5 heteroatoms. The summed E-state index contributed by atoms with van der Waals surface area (Å²) in [4.78, 5) is 14.0. The summed E-state index contributed by atoms with van der Waals surface area (Å²) in [6, 6.07) is 39.2. The van der Waals surface area contributed by atoms with E-state index in [1.54, 1.807) is 0 Å². The van der Waals surface area contributed by atoms with Crippen LogP contribution in [0.3, 0.4) is 0 Å². The zero-order valence-electron chi connectivity index (χ0n) is 27.1. The molecule has 4 aromatic heterocycles. The Bertz CT molecular complexity index is 2050. The largest absolute Gasteiger partial charge is 0.486 e. The number of hydrogen-bond donors (Lipinski definition) is 0. The van der Waals surface area contributed by atoms with Crippen molar-refractivity contribution in [1.82, 2.24) is 15.0 Å². The first-order valence-electron chi connectivity index (χ1n) is 15.5. The topological polar surface area (TPSA) is 51.8 Å². The summed E-state index contributed by atoms with van der Waals surface area (Å²) in [5, 5.41) is 2.05. The molecule has 0 N–H and O–H groups in total. The molecule has 0 bridgehead atoms. The van der Waals surface area contributed by atoms with E-state index in [0.29, 0.717) is 17.5 Å². The van der Waals surface area contributed by atoms with Crippen molar-refractivity contribution in [2.45, 2.75) is 53.4 Å². The van der Waals surface area contributed by atoms with Gasteiger partial charge in [-0.2, -0.15) is 0 Å². The Morgan fingerprint density at radius 3 is 2.02 bits per heavy atom. The molecule has 0 spiro atoms. The van der Waals surface area contributed by atoms with Gasteiger partial charge in [0.05, 0.1) is 11.3 Å². The molecule has 4 heterocycles. The molecule has 1 radical (unpaired) electrons. The monoisotopic (exact) mass is 780 g/mol. The van der Waals surface area contributed by atoms with Crippen LogP contribution in [0, 0.1) is 26.0 Å². The summed E-state index contributed by atoms with van der Waals surface area (Å²) < 4.78 is 6.36. The third-order valence-electron chi connectivity index (χ3n) is 7.97.